The molecule has 0 saturated carbocycles. The van der Waals surface area contributed by atoms with Gasteiger partial charge in [0.15, 0.2) is 15.8 Å². The van der Waals surface area contributed by atoms with Gasteiger partial charge >= 0.3 is 0 Å². The van der Waals surface area contributed by atoms with Crippen LogP contribution in [0.1, 0.15) is 5.56 Å². The van der Waals surface area contributed by atoms with Crippen molar-refractivity contribution >= 4 is 27.4 Å². The number of hydrogen-bond donors (Lipinski definition) is 2. The number of nitrogens with one attached hydrogen (secondary N) is 2. The number of aliphatic imine (C=N–C) groups is 1. The maximum absolute atomic E-state index is 11.4. The van der Waals surface area contributed by atoms with E-state index in [0.717, 1.165) is 5.56 Å². The maximum atomic E-state index is 11.4. The van der Waals surface area contributed by atoms with E-state index in [-0.39, 0.29) is 4.90 Å². The van der Waals surface area contributed by atoms with Crippen LogP contribution in [0.2, 0.25) is 5.02 Å². The van der Waals surface area contributed by atoms with Gasteiger partial charge < -0.3 is 15.4 Å². The van der Waals surface area contributed by atoms with E-state index in [1.165, 1.54) is 18.4 Å². The molecule has 6 nitrogen and oxygen atoms in total. The van der Waals surface area contributed by atoms with E-state index in [0.29, 0.717) is 36.4 Å². The quantitative estimate of drug-likeness (QED) is 0.427. The first kappa shape index (κ1) is 20.1. The zero-order chi connectivity index (χ0) is 19.0. The van der Waals surface area contributed by atoms with E-state index in [1.54, 1.807) is 19.2 Å². The van der Waals surface area contributed by atoms with E-state index in [4.69, 9.17) is 16.3 Å². The third kappa shape index (κ3) is 6.24. The number of sulfone groups is 1. The van der Waals surface area contributed by atoms with Gasteiger partial charge in [-0.25, -0.2) is 8.42 Å². The third-order valence-electron chi connectivity index (χ3n) is 3.54. The summed E-state index contributed by atoms with van der Waals surface area (Å²) in [5, 5.41) is 7.03. The fourth-order valence-electron chi connectivity index (χ4n) is 2.16. The first-order valence-electron chi connectivity index (χ1n) is 8.01. The molecule has 2 rings (SSSR count). The SMILES string of the molecule is CN=C(NCCOc1ccc(S(C)(=O)=O)cc1)NCc1ccccc1Cl. The lowest BCUT2D eigenvalue weighted by Crippen LogP contribution is -2.38. The molecule has 26 heavy (non-hydrogen) atoms. The minimum Gasteiger partial charge on any atom is -0.492 e. The largest absolute Gasteiger partial charge is 0.492 e. The highest BCUT2D eigenvalue weighted by Gasteiger charge is 2.06. The van der Waals surface area contributed by atoms with Crippen molar-refractivity contribution in [3.05, 3.63) is 59.1 Å². The Labute approximate surface area is 159 Å². The summed E-state index contributed by atoms with van der Waals surface area (Å²) in [7, 11) is -1.51. The molecule has 0 spiro atoms. The molecule has 0 bridgehead atoms. The summed E-state index contributed by atoms with van der Waals surface area (Å²) in [5.41, 5.74) is 0.985. The predicted octanol–water partition coefficient (Wildman–Crippen LogP) is 2.49. The minimum absolute atomic E-state index is 0.271. The van der Waals surface area contributed by atoms with Gasteiger partial charge in [-0.3, -0.25) is 4.99 Å². The summed E-state index contributed by atoms with van der Waals surface area (Å²) in [4.78, 5) is 4.42. The number of ether oxygens (including phenoxy) is 1. The van der Waals surface area contributed by atoms with E-state index in [9.17, 15) is 8.42 Å². The van der Waals surface area contributed by atoms with Gasteiger partial charge in [0.05, 0.1) is 11.4 Å². The molecule has 0 aliphatic heterocycles. The molecule has 2 N–H and O–H groups in total. The molecule has 0 radical (unpaired) electrons. The van der Waals surface area contributed by atoms with Crippen molar-refractivity contribution in [3.8, 4) is 5.75 Å². The first-order valence-corrected chi connectivity index (χ1v) is 10.3. The highest BCUT2D eigenvalue weighted by molar-refractivity contribution is 7.90. The van der Waals surface area contributed by atoms with E-state index < -0.39 is 9.84 Å². The van der Waals surface area contributed by atoms with Crippen molar-refractivity contribution in [1.29, 1.82) is 0 Å². The van der Waals surface area contributed by atoms with Gasteiger partial charge in [-0.05, 0) is 35.9 Å². The van der Waals surface area contributed by atoms with Crippen LogP contribution < -0.4 is 15.4 Å². The lowest BCUT2D eigenvalue weighted by Gasteiger charge is -2.13. The lowest BCUT2D eigenvalue weighted by atomic mass is 10.2. The van der Waals surface area contributed by atoms with Crippen LogP contribution >= 0.6 is 11.6 Å². The van der Waals surface area contributed by atoms with Crippen molar-refractivity contribution in [2.75, 3.05) is 26.5 Å². The molecule has 8 heteroatoms. The molecule has 0 heterocycles. The van der Waals surface area contributed by atoms with Crippen LogP contribution in [-0.4, -0.2) is 40.8 Å². The molecule has 0 atom stereocenters. The summed E-state index contributed by atoms with van der Waals surface area (Å²) in [6.07, 6.45) is 1.17. The Morgan fingerprint density at radius 1 is 1.12 bits per heavy atom. The summed E-state index contributed by atoms with van der Waals surface area (Å²) < 4.78 is 28.4. The third-order valence-corrected chi connectivity index (χ3v) is 5.04. The average Bonchev–Trinajstić information content (AvgIpc) is 2.62. The highest BCUT2D eigenvalue weighted by Crippen LogP contribution is 2.16. The Balaban J connectivity index is 1.75. The fourth-order valence-corrected chi connectivity index (χ4v) is 3.00. The summed E-state index contributed by atoms with van der Waals surface area (Å²) in [5.74, 6) is 1.25. The van der Waals surface area contributed by atoms with E-state index in [1.807, 2.05) is 24.3 Å². The van der Waals surface area contributed by atoms with E-state index >= 15 is 0 Å². The van der Waals surface area contributed by atoms with Gasteiger partial charge in [-0.1, -0.05) is 29.8 Å². The van der Waals surface area contributed by atoms with Gasteiger partial charge in [-0.2, -0.15) is 0 Å². The summed E-state index contributed by atoms with van der Waals surface area (Å²) >= 11 is 6.13. The van der Waals surface area contributed by atoms with E-state index in [2.05, 4.69) is 15.6 Å². The molecule has 0 fully saturated rings. The summed E-state index contributed by atoms with van der Waals surface area (Å²) in [6, 6.07) is 14.0. The molecule has 0 amide bonds. The van der Waals surface area contributed by atoms with Gasteiger partial charge in [0.2, 0.25) is 0 Å². The number of benzene rings is 2. The van der Waals surface area contributed by atoms with Crippen LogP contribution in [-0.2, 0) is 16.4 Å². The molecule has 0 aromatic heterocycles. The fraction of sp³-hybridized carbons (Fsp3) is 0.278. The predicted molar refractivity (Wildman–Crippen MR) is 105 cm³/mol. The minimum atomic E-state index is -3.19. The Morgan fingerprint density at radius 3 is 2.42 bits per heavy atom. The van der Waals surface area contributed by atoms with Crippen molar-refractivity contribution < 1.29 is 13.2 Å². The zero-order valence-corrected chi connectivity index (χ0v) is 16.3. The molecule has 0 unspecified atom stereocenters. The standard InChI is InChI=1S/C18H22ClN3O3S/c1-20-18(22-13-14-5-3-4-6-17(14)19)21-11-12-25-15-7-9-16(10-8-15)26(2,23)24/h3-10H,11-13H2,1-2H3,(H2,20,21,22). The highest BCUT2D eigenvalue weighted by atomic mass is 35.5. The second kappa shape index (κ2) is 9.45. The van der Waals surface area contributed by atoms with Crippen LogP contribution in [0.15, 0.2) is 58.4 Å². The molecule has 0 aliphatic rings. The molecule has 2 aromatic carbocycles. The topological polar surface area (TPSA) is 79.8 Å². The monoisotopic (exact) mass is 395 g/mol. The normalized spacial score (nSPS) is 11.9. The average molecular weight is 396 g/mol. The Hall–Kier alpha value is -2.25. The second-order valence-corrected chi connectivity index (χ2v) is 7.96. The zero-order valence-electron chi connectivity index (χ0n) is 14.7. The Morgan fingerprint density at radius 2 is 1.81 bits per heavy atom. The van der Waals surface area contributed by atoms with Crippen molar-refractivity contribution in [1.82, 2.24) is 10.6 Å². The molecule has 0 saturated heterocycles. The first-order chi connectivity index (χ1) is 12.4. The van der Waals surface area contributed by atoms with Crippen molar-refractivity contribution in [2.45, 2.75) is 11.4 Å². The second-order valence-electron chi connectivity index (χ2n) is 5.54. The number of nitrogens with zero attached hydrogens (tertiary/aromatic N) is 1. The van der Waals surface area contributed by atoms with Gasteiger partial charge in [0.1, 0.15) is 12.4 Å². The molecular weight excluding hydrogens is 374 g/mol. The lowest BCUT2D eigenvalue weighted by molar-refractivity contribution is 0.321. The Kier molecular flexibility index (Phi) is 7.29. The van der Waals surface area contributed by atoms with Crippen molar-refractivity contribution in [2.24, 2.45) is 4.99 Å². The number of halogens is 1. The Bertz CT molecular complexity index is 852. The van der Waals surface area contributed by atoms with Crippen LogP contribution in [0.4, 0.5) is 0 Å². The number of guanidine groups is 1. The molecule has 2 aromatic rings. The summed E-state index contributed by atoms with van der Waals surface area (Å²) in [6.45, 7) is 1.51. The van der Waals surface area contributed by atoms with Gasteiger partial charge in [-0.15, -0.1) is 0 Å². The van der Waals surface area contributed by atoms with Crippen LogP contribution in [0, 0.1) is 0 Å². The molecule has 0 aliphatic carbocycles. The number of hydrogen-bond acceptors (Lipinski definition) is 4. The van der Waals surface area contributed by atoms with Gasteiger partial charge in [0.25, 0.3) is 0 Å². The molecule has 140 valence electrons. The molecular formula is C18H22ClN3O3S. The maximum Gasteiger partial charge on any atom is 0.191 e. The van der Waals surface area contributed by atoms with Gasteiger partial charge in [0, 0.05) is 24.9 Å². The van der Waals surface area contributed by atoms with Crippen LogP contribution in [0.3, 0.4) is 0 Å². The van der Waals surface area contributed by atoms with Crippen molar-refractivity contribution in [3.63, 3.8) is 0 Å². The number of rotatable bonds is 7. The smallest absolute Gasteiger partial charge is 0.191 e. The van der Waals surface area contributed by atoms with Crippen LogP contribution in [0.25, 0.3) is 0 Å². The van der Waals surface area contributed by atoms with Crippen LogP contribution in [0.5, 0.6) is 5.75 Å².